The van der Waals surface area contributed by atoms with E-state index in [2.05, 4.69) is 16.3 Å². The lowest BCUT2D eigenvalue weighted by molar-refractivity contribution is -0.121. The fourth-order valence-electron chi connectivity index (χ4n) is 2.68. The molecular weight excluding hydrogens is 252 g/mol. The fourth-order valence-corrected chi connectivity index (χ4v) is 2.68. The number of morpholine rings is 1. The molecule has 4 nitrogen and oxygen atoms in total. The molecule has 2 atom stereocenters. The molecule has 1 saturated heterocycles. The standard InChI is InChI=1S/C16H24N2O2/c1-11-5-6-12(2)15(7-11)17-16(19)10-18-8-13(3)20-14(4)9-18/h5-7,13-14H,8-10H2,1-4H3,(H,17,19)/t13-,14-/m0/s1. The van der Waals surface area contributed by atoms with E-state index in [4.69, 9.17) is 4.74 Å². The van der Waals surface area contributed by atoms with Crippen molar-refractivity contribution in [1.82, 2.24) is 4.90 Å². The number of rotatable bonds is 3. The predicted octanol–water partition coefficient (Wildman–Crippen LogP) is 2.35. The maximum Gasteiger partial charge on any atom is 0.238 e. The molecule has 0 bridgehead atoms. The van der Waals surface area contributed by atoms with Gasteiger partial charge in [0, 0.05) is 18.8 Å². The lowest BCUT2D eigenvalue weighted by Gasteiger charge is -2.34. The number of benzene rings is 1. The number of hydrogen-bond donors (Lipinski definition) is 1. The van der Waals surface area contributed by atoms with Crippen molar-refractivity contribution in [2.24, 2.45) is 0 Å². The molecule has 2 rings (SSSR count). The highest BCUT2D eigenvalue weighted by molar-refractivity contribution is 5.93. The van der Waals surface area contributed by atoms with Crippen molar-refractivity contribution in [2.45, 2.75) is 39.9 Å². The summed E-state index contributed by atoms with van der Waals surface area (Å²) >= 11 is 0. The molecule has 0 saturated carbocycles. The molecule has 0 radical (unpaired) electrons. The van der Waals surface area contributed by atoms with Crippen molar-refractivity contribution in [1.29, 1.82) is 0 Å². The first kappa shape index (κ1) is 15.0. The summed E-state index contributed by atoms with van der Waals surface area (Å²) in [6.07, 6.45) is 0.375. The molecule has 1 aliphatic rings. The highest BCUT2D eigenvalue weighted by atomic mass is 16.5. The van der Waals surface area contributed by atoms with Crippen LogP contribution in [0.1, 0.15) is 25.0 Å². The van der Waals surface area contributed by atoms with Gasteiger partial charge < -0.3 is 10.1 Å². The van der Waals surface area contributed by atoms with Gasteiger partial charge in [0.2, 0.25) is 5.91 Å². The van der Waals surface area contributed by atoms with Crippen LogP contribution in [0.2, 0.25) is 0 Å². The Morgan fingerprint density at radius 3 is 2.60 bits per heavy atom. The lowest BCUT2D eigenvalue weighted by Crippen LogP contribution is -2.48. The molecular formula is C16H24N2O2. The summed E-state index contributed by atoms with van der Waals surface area (Å²) in [6.45, 7) is 10.2. The number of amides is 1. The van der Waals surface area contributed by atoms with E-state index in [1.165, 1.54) is 0 Å². The molecule has 1 aromatic carbocycles. The average molecular weight is 276 g/mol. The minimum absolute atomic E-state index is 0.0417. The first-order valence-electron chi connectivity index (χ1n) is 7.19. The molecule has 20 heavy (non-hydrogen) atoms. The van der Waals surface area contributed by atoms with Gasteiger partial charge in [0.25, 0.3) is 0 Å². The summed E-state index contributed by atoms with van der Waals surface area (Å²) in [4.78, 5) is 14.3. The largest absolute Gasteiger partial charge is 0.373 e. The molecule has 0 spiro atoms. The van der Waals surface area contributed by atoms with E-state index in [-0.39, 0.29) is 18.1 Å². The van der Waals surface area contributed by atoms with Crippen LogP contribution in [0.3, 0.4) is 0 Å². The fraction of sp³-hybridized carbons (Fsp3) is 0.562. The summed E-state index contributed by atoms with van der Waals surface area (Å²) in [6, 6.07) is 6.10. The van der Waals surface area contributed by atoms with Gasteiger partial charge in [-0.2, -0.15) is 0 Å². The van der Waals surface area contributed by atoms with Gasteiger partial charge >= 0.3 is 0 Å². The van der Waals surface area contributed by atoms with Gasteiger partial charge in [0.15, 0.2) is 0 Å². The number of hydrogen-bond acceptors (Lipinski definition) is 3. The van der Waals surface area contributed by atoms with E-state index in [0.29, 0.717) is 6.54 Å². The van der Waals surface area contributed by atoms with Crippen molar-refractivity contribution < 1.29 is 9.53 Å². The Kier molecular flexibility index (Phi) is 4.78. The zero-order valence-electron chi connectivity index (χ0n) is 12.8. The molecule has 1 heterocycles. The van der Waals surface area contributed by atoms with Gasteiger partial charge in [0.1, 0.15) is 0 Å². The van der Waals surface area contributed by atoms with Crippen LogP contribution in [0.5, 0.6) is 0 Å². The topological polar surface area (TPSA) is 41.6 Å². The van der Waals surface area contributed by atoms with Gasteiger partial charge in [-0.3, -0.25) is 9.69 Å². The van der Waals surface area contributed by atoms with E-state index in [9.17, 15) is 4.79 Å². The lowest BCUT2D eigenvalue weighted by atomic mass is 10.1. The molecule has 1 fully saturated rings. The quantitative estimate of drug-likeness (QED) is 0.921. The Morgan fingerprint density at radius 1 is 1.30 bits per heavy atom. The summed E-state index contributed by atoms with van der Waals surface area (Å²) < 4.78 is 5.68. The van der Waals surface area contributed by atoms with Crippen molar-refractivity contribution in [3.8, 4) is 0 Å². The molecule has 0 unspecified atom stereocenters. The Hall–Kier alpha value is -1.39. The third kappa shape index (κ3) is 4.05. The number of nitrogens with one attached hydrogen (secondary N) is 1. The average Bonchev–Trinajstić information content (AvgIpc) is 2.32. The van der Waals surface area contributed by atoms with Crippen LogP contribution in [0.15, 0.2) is 18.2 Å². The van der Waals surface area contributed by atoms with Gasteiger partial charge in [0.05, 0.1) is 18.8 Å². The molecule has 1 aliphatic heterocycles. The van der Waals surface area contributed by atoms with E-state index in [0.717, 1.165) is 29.9 Å². The van der Waals surface area contributed by atoms with Crippen LogP contribution < -0.4 is 5.32 Å². The number of carbonyl (C=O) groups is 1. The van der Waals surface area contributed by atoms with Crippen LogP contribution in [0.4, 0.5) is 5.69 Å². The second kappa shape index (κ2) is 6.37. The SMILES string of the molecule is Cc1ccc(C)c(NC(=O)CN2C[C@H](C)O[C@@H](C)C2)c1. The second-order valence-corrected chi connectivity index (χ2v) is 5.82. The minimum atomic E-state index is 0.0417. The van der Waals surface area contributed by atoms with Crippen molar-refractivity contribution in [3.05, 3.63) is 29.3 Å². The molecule has 110 valence electrons. The van der Waals surface area contributed by atoms with Crippen LogP contribution in [-0.2, 0) is 9.53 Å². The summed E-state index contributed by atoms with van der Waals surface area (Å²) in [5.74, 6) is 0.0417. The molecule has 4 heteroatoms. The summed E-state index contributed by atoms with van der Waals surface area (Å²) in [5.41, 5.74) is 3.15. The molecule has 1 aromatic rings. The number of ether oxygens (including phenoxy) is 1. The Bertz CT molecular complexity index is 477. The molecule has 1 amide bonds. The zero-order chi connectivity index (χ0) is 14.7. The van der Waals surface area contributed by atoms with Gasteiger partial charge in [-0.25, -0.2) is 0 Å². The van der Waals surface area contributed by atoms with Crippen LogP contribution in [0, 0.1) is 13.8 Å². The van der Waals surface area contributed by atoms with Gasteiger partial charge in [-0.1, -0.05) is 12.1 Å². The van der Waals surface area contributed by atoms with Gasteiger partial charge in [-0.05, 0) is 44.9 Å². The maximum atomic E-state index is 12.2. The molecule has 0 aromatic heterocycles. The van der Waals surface area contributed by atoms with E-state index < -0.39 is 0 Å². The van der Waals surface area contributed by atoms with Crippen LogP contribution in [-0.4, -0.2) is 42.6 Å². The smallest absolute Gasteiger partial charge is 0.238 e. The first-order chi connectivity index (χ1) is 9.44. The predicted molar refractivity (Wildman–Crippen MR) is 81.0 cm³/mol. The highest BCUT2D eigenvalue weighted by Crippen LogP contribution is 2.16. The highest BCUT2D eigenvalue weighted by Gasteiger charge is 2.23. The Labute approximate surface area is 121 Å². The zero-order valence-corrected chi connectivity index (χ0v) is 12.8. The number of nitrogens with zero attached hydrogens (tertiary/aromatic N) is 1. The number of carbonyl (C=O) groups excluding carboxylic acids is 1. The van der Waals surface area contributed by atoms with Crippen molar-refractivity contribution in [2.75, 3.05) is 25.0 Å². The van der Waals surface area contributed by atoms with E-state index >= 15 is 0 Å². The van der Waals surface area contributed by atoms with Gasteiger partial charge in [-0.15, -0.1) is 0 Å². The number of aryl methyl sites for hydroxylation is 2. The number of anilines is 1. The third-order valence-electron chi connectivity index (χ3n) is 3.53. The normalized spacial score (nSPS) is 23.6. The maximum absolute atomic E-state index is 12.2. The van der Waals surface area contributed by atoms with E-state index in [1.807, 2.05) is 39.8 Å². The third-order valence-corrected chi connectivity index (χ3v) is 3.53. The minimum Gasteiger partial charge on any atom is -0.373 e. The molecule has 0 aliphatic carbocycles. The van der Waals surface area contributed by atoms with E-state index in [1.54, 1.807) is 0 Å². The second-order valence-electron chi connectivity index (χ2n) is 5.82. The van der Waals surface area contributed by atoms with Crippen molar-refractivity contribution in [3.63, 3.8) is 0 Å². The van der Waals surface area contributed by atoms with Crippen LogP contribution >= 0.6 is 0 Å². The first-order valence-corrected chi connectivity index (χ1v) is 7.19. The van der Waals surface area contributed by atoms with Crippen molar-refractivity contribution >= 4 is 11.6 Å². The van der Waals surface area contributed by atoms with Crippen LogP contribution in [0.25, 0.3) is 0 Å². The summed E-state index contributed by atoms with van der Waals surface area (Å²) in [5, 5.41) is 3.01. The Balaban J connectivity index is 1.93. The Morgan fingerprint density at radius 2 is 1.95 bits per heavy atom. The monoisotopic (exact) mass is 276 g/mol. The summed E-state index contributed by atoms with van der Waals surface area (Å²) in [7, 11) is 0. The molecule has 1 N–H and O–H groups in total.